The van der Waals surface area contributed by atoms with Crippen LogP contribution >= 0.6 is 0 Å². The number of hydroxylamine groups is 2. The van der Waals surface area contributed by atoms with E-state index >= 15 is 0 Å². The third-order valence-corrected chi connectivity index (χ3v) is 3.91. The maximum atomic E-state index is 11.7. The molecule has 1 fully saturated rings. The van der Waals surface area contributed by atoms with Crippen LogP contribution in [0.25, 0.3) is 0 Å². The number of rotatable bonds is 5. The predicted octanol–water partition coefficient (Wildman–Crippen LogP) is 1.97. The zero-order chi connectivity index (χ0) is 16.1. The van der Waals surface area contributed by atoms with Crippen LogP contribution in [-0.2, 0) is 16.2 Å². The summed E-state index contributed by atoms with van der Waals surface area (Å²) in [5, 5.41) is 4.77. The molecule has 1 saturated heterocycles. The van der Waals surface area contributed by atoms with E-state index < -0.39 is 0 Å². The molecule has 2 atom stereocenters. The van der Waals surface area contributed by atoms with Crippen molar-refractivity contribution in [3.8, 4) is 0 Å². The Morgan fingerprint density at radius 3 is 2.43 bits per heavy atom. The highest BCUT2D eigenvalue weighted by molar-refractivity contribution is 5.78. The van der Waals surface area contributed by atoms with Gasteiger partial charge < -0.3 is 11.1 Å². The van der Waals surface area contributed by atoms with Crippen molar-refractivity contribution in [2.45, 2.75) is 25.2 Å². The van der Waals surface area contributed by atoms with Gasteiger partial charge >= 0.3 is 0 Å². The van der Waals surface area contributed by atoms with E-state index in [0.29, 0.717) is 13.0 Å². The molecule has 0 aliphatic carbocycles. The zero-order valence-corrected chi connectivity index (χ0v) is 12.9. The van der Waals surface area contributed by atoms with E-state index in [0.717, 1.165) is 11.1 Å². The predicted molar refractivity (Wildman–Crippen MR) is 87.9 cm³/mol. The first-order chi connectivity index (χ1) is 11.3. The lowest BCUT2D eigenvalue weighted by atomic mass is 10.1. The molecule has 5 heteroatoms. The molecule has 0 aromatic heterocycles. The van der Waals surface area contributed by atoms with Crippen molar-refractivity contribution >= 4 is 5.91 Å². The van der Waals surface area contributed by atoms with E-state index in [4.69, 9.17) is 10.6 Å². The van der Waals surface area contributed by atoms with Gasteiger partial charge in [0, 0.05) is 6.42 Å². The van der Waals surface area contributed by atoms with Crippen molar-refractivity contribution in [2.24, 2.45) is 5.73 Å². The fraction of sp³-hybridized carbons (Fsp3) is 0.278. The minimum absolute atomic E-state index is 0.0221. The summed E-state index contributed by atoms with van der Waals surface area (Å²) in [6, 6.07) is 20.1. The number of nitrogens with one attached hydrogen (secondary N) is 1. The Morgan fingerprint density at radius 1 is 1.13 bits per heavy atom. The molecule has 1 heterocycles. The maximum Gasteiger partial charge on any atom is 0.235 e. The molecule has 2 aromatic carbocycles. The van der Waals surface area contributed by atoms with Gasteiger partial charge in [0.1, 0.15) is 12.3 Å². The number of hydrogen-bond donors (Lipinski definition) is 2. The Balaban J connectivity index is 1.75. The van der Waals surface area contributed by atoms with Gasteiger partial charge in [-0.3, -0.25) is 9.63 Å². The summed E-state index contributed by atoms with van der Waals surface area (Å²) in [5.74, 6) is -0.176. The van der Waals surface area contributed by atoms with Crippen LogP contribution in [0.2, 0.25) is 0 Å². The summed E-state index contributed by atoms with van der Waals surface area (Å²) >= 11 is 0. The number of benzene rings is 2. The van der Waals surface area contributed by atoms with Crippen LogP contribution in [0.3, 0.4) is 0 Å². The van der Waals surface area contributed by atoms with Crippen LogP contribution in [0.1, 0.15) is 23.7 Å². The van der Waals surface area contributed by atoms with Crippen LogP contribution in [0.15, 0.2) is 60.7 Å². The molecule has 120 valence electrons. The third kappa shape index (κ3) is 3.96. The fourth-order valence-corrected chi connectivity index (χ4v) is 2.75. The first-order valence-corrected chi connectivity index (χ1v) is 7.78. The molecule has 5 nitrogen and oxygen atoms in total. The Hall–Kier alpha value is -2.21. The monoisotopic (exact) mass is 311 g/mol. The second-order valence-electron chi connectivity index (χ2n) is 5.59. The number of carbonyl (C=O) groups excluding carboxylic acids is 1. The smallest absolute Gasteiger partial charge is 0.235 e. The molecular weight excluding hydrogens is 290 g/mol. The maximum absolute atomic E-state index is 11.7. The molecule has 1 amide bonds. The van der Waals surface area contributed by atoms with Crippen molar-refractivity contribution in [2.75, 3.05) is 6.54 Å². The van der Waals surface area contributed by atoms with Gasteiger partial charge in [0.05, 0.1) is 13.1 Å². The highest BCUT2D eigenvalue weighted by atomic mass is 16.7. The average Bonchev–Trinajstić information content (AvgIpc) is 2.99. The molecule has 23 heavy (non-hydrogen) atoms. The van der Waals surface area contributed by atoms with Crippen molar-refractivity contribution in [1.82, 2.24) is 10.4 Å². The fourth-order valence-electron chi connectivity index (χ4n) is 2.75. The van der Waals surface area contributed by atoms with Crippen LogP contribution in [0, 0.1) is 0 Å². The molecule has 1 aliphatic heterocycles. The van der Waals surface area contributed by atoms with Crippen LogP contribution in [0.5, 0.6) is 0 Å². The molecule has 0 spiro atoms. The lowest BCUT2D eigenvalue weighted by Gasteiger charge is -2.23. The third-order valence-electron chi connectivity index (χ3n) is 3.91. The first kappa shape index (κ1) is 15.7. The number of hydrogen-bond acceptors (Lipinski definition) is 4. The van der Waals surface area contributed by atoms with E-state index in [2.05, 4.69) is 5.32 Å². The van der Waals surface area contributed by atoms with Crippen LogP contribution < -0.4 is 11.1 Å². The Kier molecular flexibility index (Phi) is 5.02. The van der Waals surface area contributed by atoms with Gasteiger partial charge in [-0.15, -0.1) is 0 Å². The summed E-state index contributed by atoms with van der Waals surface area (Å²) < 4.78 is 0. The molecule has 3 N–H and O–H groups in total. The SMILES string of the molecule is NCC(=O)N[C@H]1C[C@H](c2ccccc2)ON1Cc1ccccc1. The number of nitrogens with zero attached hydrogens (tertiary/aromatic N) is 1. The average molecular weight is 311 g/mol. The standard InChI is InChI=1S/C18H21N3O2/c19-12-18(22)20-17-11-16(15-9-5-2-6-10-15)23-21(17)13-14-7-3-1-4-8-14/h1-10,16-17H,11-13,19H2,(H,20,22)/t16-,17-/m1/s1. The Labute approximate surface area is 136 Å². The zero-order valence-electron chi connectivity index (χ0n) is 12.9. The van der Waals surface area contributed by atoms with Gasteiger partial charge in [-0.05, 0) is 11.1 Å². The second-order valence-corrected chi connectivity index (χ2v) is 5.59. The van der Waals surface area contributed by atoms with Crippen LogP contribution in [0.4, 0.5) is 0 Å². The topological polar surface area (TPSA) is 67.6 Å². The summed E-state index contributed by atoms with van der Waals surface area (Å²) in [7, 11) is 0. The van der Waals surface area contributed by atoms with Crippen LogP contribution in [-0.4, -0.2) is 23.7 Å². The molecule has 0 radical (unpaired) electrons. The van der Waals surface area contributed by atoms with E-state index in [-0.39, 0.29) is 24.7 Å². The molecule has 0 unspecified atom stereocenters. The first-order valence-electron chi connectivity index (χ1n) is 7.78. The summed E-state index contributed by atoms with van der Waals surface area (Å²) in [6.45, 7) is 0.589. The number of carbonyl (C=O) groups is 1. The minimum atomic E-state index is -0.184. The molecule has 3 rings (SSSR count). The van der Waals surface area contributed by atoms with Gasteiger partial charge in [-0.1, -0.05) is 60.7 Å². The summed E-state index contributed by atoms with van der Waals surface area (Å²) in [5.41, 5.74) is 7.66. The van der Waals surface area contributed by atoms with E-state index in [1.807, 2.05) is 65.7 Å². The van der Waals surface area contributed by atoms with Gasteiger partial charge in [0.15, 0.2) is 0 Å². The summed E-state index contributed by atoms with van der Waals surface area (Å²) in [6.07, 6.45) is 0.447. The molecule has 0 saturated carbocycles. The Morgan fingerprint density at radius 2 is 1.78 bits per heavy atom. The van der Waals surface area contributed by atoms with E-state index in [9.17, 15) is 4.79 Å². The Bertz CT molecular complexity index is 633. The van der Waals surface area contributed by atoms with Gasteiger partial charge in [0.2, 0.25) is 5.91 Å². The lowest BCUT2D eigenvalue weighted by Crippen LogP contribution is -2.45. The van der Waals surface area contributed by atoms with Crippen molar-refractivity contribution < 1.29 is 9.63 Å². The highest BCUT2D eigenvalue weighted by Crippen LogP contribution is 2.33. The van der Waals surface area contributed by atoms with E-state index in [1.165, 1.54) is 0 Å². The van der Waals surface area contributed by atoms with Gasteiger partial charge in [-0.25, -0.2) is 0 Å². The van der Waals surface area contributed by atoms with Crippen molar-refractivity contribution in [3.05, 3.63) is 71.8 Å². The van der Waals surface area contributed by atoms with Crippen molar-refractivity contribution in [3.63, 3.8) is 0 Å². The number of amides is 1. The molecular formula is C18H21N3O2. The minimum Gasteiger partial charge on any atom is -0.337 e. The molecule has 1 aliphatic rings. The number of nitrogens with two attached hydrogens (primary N) is 1. The second kappa shape index (κ2) is 7.37. The highest BCUT2D eigenvalue weighted by Gasteiger charge is 2.35. The normalized spacial score (nSPS) is 21.3. The van der Waals surface area contributed by atoms with E-state index in [1.54, 1.807) is 0 Å². The lowest BCUT2D eigenvalue weighted by molar-refractivity contribution is -0.177. The quantitative estimate of drug-likeness (QED) is 0.886. The largest absolute Gasteiger partial charge is 0.337 e. The van der Waals surface area contributed by atoms with Gasteiger partial charge in [0.25, 0.3) is 0 Å². The van der Waals surface area contributed by atoms with Crippen molar-refractivity contribution in [1.29, 1.82) is 0 Å². The summed E-state index contributed by atoms with van der Waals surface area (Å²) in [4.78, 5) is 17.8. The van der Waals surface area contributed by atoms with Gasteiger partial charge in [-0.2, -0.15) is 5.06 Å². The molecule has 0 bridgehead atoms. The molecule has 2 aromatic rings.